The van der Waals surface area contributed by atoms with E-state index in [1.54, 1.807) is 0 Å². The molecule has 2 aliphatic rings. The summed E-state index contributed by atoms with van der Waals surface area (Å²) in [4.78, 5) is 23.9. The highest BCUT2D eigenvalue weighted by Gasteiger charge is 2.26. The van der Waals surface area contributed by atoms with Gasteiger partial charge in [-0.15, -0.1) is 37.2 Å². The summed E-state index contributed by atoms with van der Waals surface area (Å²) in [6.45, 7) is 8.18. The fourth-order valence-corrected chi connectivity index (χ4v) is 4.08. The van der Waals surface area contributed by atoms with Crippen LogP contribution in [0.1, 0.15) is 25.7 Å². The first kappa shape index (κ1) is 28.2. The third-order valence-corrected chi connectivity index (χ3v) is 5.55. The van der Waals surface area contributed by atoms with Crippen molar-refractivity contribution in [2.45, 2.75) is 25.7 Å². The van der Waals surface area contributed by atoms with Gasteiger partial charge in [-0.05, 0) is 50.9 Å². The number of carbonyl (C=O) groups is 1. The number of carbonyl (C=O) groups excluding carboxylic acids is 1. The monoisotopic (exact) mass is 467 g/mol. The van der Waals surface area contributed by atoms with E-state index in [2.05, 4.69) is 37.1 Å². The smallest absolute Gasteiger partial charge is 0.222 e. The number of nitrogens with zero attached hydrogens (tertiary/aromatic N) is 4. The quantitative estimate of drug-likeness (QED) is 0.624. The minimum atomic E-state index is 0. The van der Waals surface area contributed by atoms with E-state index in [0.29, 0.717) is 18.2 Å². The zero-order valence-electron chi connectivity index (χ0n) is 17.3. The van der Waals surface area contributed by atoms with Crippen LogP contribution < -0.4 is 10.2 Å². The van der Waals surface area contributed by atoms with Crippen LogP contribution in [-0.2, 0) is 4.79 Å². The molecule has 6 nitrogen and oxygen atoms in total. The zero-order chi connectivity index (χ0) is 18.2. The lowest BCUT2D eigenvalue weighted by atomic mass is 9.96. The summed E-state index contributed by atoms with van der Waals surface area (Å²) in [5, 5.41) is 3.12. The van der Waals surface area contributed by atoms with Crippen molar-refractivity contribution in [2.24, 2.45) is 5.92 Å². The Hall–Kier alpha value is -0.790. The number of hydrogen-bond acceptors (Lipinski definition) is 5. The topological polar surface area (TPSA) is 51.7 Å². The van der Waals surface area contributed by atoms with E-state index in [4.69, 9.17) is 0 Å². The number of pyridine rings is 1. The van der Waals surface area contributed by atoms with Crippen LogP contribution in [0, 0.1) is 5.92 Å². The fourth-order valence-electron chi connectivity index (χ4n) is 4.08. The number of amides is 1. The lowest BCUT2D eigenvalue weighted by molar-refractivity contribution is -0.133. The van der Waals surface area contributed by atoms with Gasteiger partial charge in [0, 0.05) is 58.4 Å². The predicted octanol–water partition coefficient (Wildman–Crippen LogP) is 2.71. The summed E-state index contributed by atoms with van der Waals surface area (Å²) >= 11 is 0. The molecular formula is C20H36Cl3N5O. The van der Waals surface area contributed by atoms with Crippen molar-refractivity contribution < 1.29 is 4.79 Å². The Balaban J connectivity index is 0.00000261. The summed E-state index contributed by atoms with van der Waals surface area (Å²) in [5.74, 6) is 2.05. The number of halogens is 3. The highest BCUT2D eigenvalue weighted by molar-refractivity contribution is 5.86. The van der Waals surface area contributed by atoms with E-state index in [1.165, 1.54) is 6.42 Å². The van der Waals surface area contributed by atoms with Gasteiger partial charge in [0.2, 0.25) is 5.91 Å². The number of hydrogen-bond donors (Lipinski definition) is 1. The van der Waals surface area contributed by atoms with Gasteiger partial charge in [-0.1, -0.05) is 6.07 Å². The molecule has 29 heavy (non-hydrogen) atoms. The second-order valence-corrected chi connectivity index (χ2v) is 7.53. The van der Waals surface area contributed by atoms with Crippen LogP contribution in [0.15, 0.2) is 24.4 Å². The molecule has 2 aliphatic heterocycles. The van der Waals surface area contributed by atoms with E-state index in [0.717, 1.165) is 71.0 Å². The second kappa shape index (κ2) is 15.1. The Morgan fingerprint density at radius 2 is 1.90 bits per heavy atom. The molecule has 0 aromatic carbocycles. The van der Waals surface area contributed by atoms with Crippen molar-refractivity contribution in [3.63, 3.8) is 0 Å². The summed E-state index contributed by atoms with van der Waals surface area (Å²) in [6.07, 6.45) is 5.88. The highest BCUT2D eigenvalue weighted by atomic mass is 35.5. The van der Waals surface area contributed by atoms with Crippen LogP contribution in [0.2, 0.25) is 0 Å². The van der Waals surface area contributed by atoms with E-state index in [9.17, 15) is 4.79 Å². The van der Waals surface area contributed by atoms with Crippen molar-refractivity contribution in [1.29, 1.82) is 0 Å². The predicted molar refractivity (Wildman–Crippen MR) is 127 cm³/mol. The van der Waals surface area contributed by atoms with E-state index >= 15 is 0 Å². The Bertz CT molecular complexity index is 558. The van der Waals surface area contributed by atoms with E-state index in [1.807, 2.05) is 19.3 Å². The number of aromatic nitrogens is 1. The average Bonchev–Trinajstić information content (AvgIpc) is 2.69. The van der Waals surface area contributed by atoms with Gasteiger partial charge in [-0.2, -0.15) is 0 Å². The van der Waals surface area contributed by atoms with Crippen LogP contribution in [0.5, 0.6) is 0 Å². The zero-order valence-corrected chi connectivity index (χ0v) is 19.7. The van der Waals surface area contributed by atoms with Crippen molar-refractivity contribution in [3.05, 3.63) is 24.4 Å². The summed E-state index contributed by atoms with van der Waals surface area (Å²) in [7, 11) is 1.94. The molecule has 0 bridgehead atoms. The molecule has 0 radical (unpaired) electrons. The maximum atomic E-state index is 12.4. The number of likely N-dealkylation sites (tertiary alicyclic amines) is 1. The first-order valence-corrected chi connectivity index (χ1v) is 10.1. The SMILES string of the molecule is CNCCCC(=O)N1CCCC(CN2CCN(c3ccccn3)CC2)C1.Cl.Cl.Cl. The molecule has 0 saturated carbocycles. The minimum absolute atomic E-state index is 0. The van der Waals surface area contributed by atoms with E-state index < -0.39 is 0 Å². The van der Waals surface area contributed by atoms with Crippen LogP contribution in [0.3, 0.4) is 0 Å². The lowest BCUT2D eigenvalue weighted by Crippen LogP contribution is -2.50. The Kier molecular flexibility index (Phi) is 14.7. The number of piperidine rings is 1. The molecule has 1 N–H and O–H groups in total. The van der Waals surface area contributed by atoms with Crippen molar-refractivity contribution in [1.82, 2.24) is 20.1 Å². The molecule has 1 unspecified atom stereocenters. The van der Waals surface area contributed by atoms with Crippen LogP contribution in [0.25, 0.3) is 0 Å². The van der Waals surface area contributed by atoms with Crippen molar-refractivity contribution in [3.8, 4) is 0 Å². The molecule has 1 aromatic heterocycles. The van der Waals surface area contributed by atoms with Gasteiger partial charge in [-0.25, -0.2) is 4.98 Å². The normalized spacial score (nSPS) is 19.6. The molecule has 168 valence electrons. The number of anilines is 1. The van der Waals surface area contributed by atoms with Gasteiger partial charge in [-0.3, -0.25) is 9.69 Å². The van der Waals surface area contributed by atoms with Gasteiger partial charge in [0.05, 0.1) is 0 Å². The highest BCUT2D eigenvalue weighted by Crippen LogP contribution is 2.20. The van der Waals surface area contributed by atoms with Gasteiger partial charge >= 0.3 is 0 Å². The van der Waals surface area contributed by atoms with Gasteiger partial charge in [0.25, 0.3) is 0 Å². The number of rotatable bonds is 7. The van der Waals surface area contributed by atoms with Gasteiger partial charge in [0.15, 0.2) is 0 Å². The van der Waals surface area contributed by atoms with Crippen molar-refractivity contribution in [2.75, 3.05) is 64.3 Å². The first-order valence-electron chi connectivity index (χ1n) is 10.1. The number of nitrogens with one attached hydrogen (secondary N) is 1. The number of piperazine rings is 1. The molecule has 1 atom stereocenters. The molecular weight excluding hydrogens is 433 g/mol. The minimum Gasteiger partial charge on any atom is -0.354 e. The fraction of sp³-hybridized carbons (Fsp3) is 0.700. The van der Waals surface area contributed by atoms with Gasteiger partial charge < -0.3 is 15.1 Å². The summed E-state index contributed by atoms with van der Waals surface area (Å²) in [5.41, 5.74) is 0. The Labute approximate surface area is 194 Å². The lowest BCUT2D eigenvalue weighted by Gasteiger charge is -2.39. The molecule has 0 spiro atoms. The summed E-state index contributed by atoms with van der Waals surface area (Å²) in [6, 6.07) is 6.11. The third kappa shape index (κ3) is 8.85. The Morgan fingerprint density at radius 1 is 1.14 bits per heavy atom. The Morgan fingerprint density at radius 3 is 2.55 bits per heavy atom. The van der Waals surface area contributed by atoms with Crippen LogP contribution in [0.4, 0.5) is 5.82 Å². The average molecular weight is 469 g/mol. The molecule has 2 saturated heterocycles. The molecule has 1 amide bonds. The second-order valence-electron chi connectivity index (χ2n) is 7.53. The van der Waals surface area contributed by atoms with Crippen LogP contribution in [-0.4, -0.2) is 80.1 Å². The third-order valence-electron chi connectivity index (χ3n) is 5.55. The molecule has 2 fully saturated rings. The standard InChI is InChI=1S/C20H33N5O.3ClH/c1-21-9-4-8-20(26)25-11-5-6-18(17-25)16-23-12-14-24(15-13-23)19-7-2-3-10-22-19;;;/h2-3,7,10,18,21H,4-6,8-9,11-17H2,1H3;3*1H. The largest absolute Gasteiger partial charge is 0.354 e. The molecule has 0 aliphatic carbocycles. The van der Waals surface area contributed by atoms with Gasteiger partial charge in [0.1, 0.15) is 5.82 Å². The molecule has 3 heterocycles. The van der Waals surface area contributed by atoms with E-state index in [-0.39, 0.29) is 37.2 Å². The maximum Gasteiger partial charge on any atom is 0.222 e. The molecule has 3 rings (SSSR count). The first-order chi connectivity index (χ1) is 12.8. The molecule has 1 aromatic rings. The van der Waals surface area contributed by atoms with Crippen LogP contribution >= 0.6 is 37.2 Å². The molecule has 9 heteroatoms. The van der Waals surface area contributed by atoms with Crippen molar-refractivity contribution >= 4 is 48.9 Å². The summed E-state index contributed by atoms with van der Waals surface area (Å²) < 4.78 is 0. The maximum absolute atomic E-state index is 12.4.